The van der Waals surface area contributed by atoms with E-state index in [1.807, 2.05) is 6.07 Å². The van der Waals surface area contributed by atoms with Gasteiger partial charge in [-0.05, 0) is 24.3 Å². The molecule has 1 fully saturated rings. The van der Waals surface area contributed by atoms with Gasteiger partial charge < -0.3 is 5.73 Å². The highest BCUT2D eigenvalue weighted by Crippen LogP contribution is 2.35. The van der Waals surface area contributed by atoms with E-state index in [0.29, 0.717) is 0 Å². The lowest BCUT2D eigenvalue weighted by Gasteiger charge is -2.31. The number of hydrogen-bond acceptors (Lipinski definition) is 1. The summed E-state index contributed by atoms with van der Waals surface area (Å²) >= 11 is 0. The van der Waals surface area contributed by atoms with E-state index in [1.54, 1.807) is 0 Å². The van der Waals surface area contributed by atoms with Gasteiger partial charge in [0, 0.05) is 6.04 Å². The Bertz CT molecular complexity index is 238. The maximum Gasteiger partial charge on any atom is 0.0323 e. The van der Waals surface area contributed by atoms with Crippen molar-refractivity contribution in [3.8, 4) is 0 Å². The molecule has 0 aromatic heterocycles. The van der Waals surface area contributed by atoms with E-state index >= 15 is 0 Å². The van der Waals surface area contributed by atoms with Crippen LogP contribution in [-0.2, 0) is 0 Å². The van der Waals surface area contributed by atoms with E-state index in [4.69, 9.17) is 5.73 Å². The first-order chi connectivity index (χ1) is 5.88. The fraction of sp³-hybridized carbons (Fsp3) is 0.455. The van der Waals surface area contributed by atoms with E-state index < -0.39 is 0 Å². The van der Waals surface area contributed by atoms with Gasteiger partial charge in [-0.1, -0.05) is 36.8 Å². The summed E-state index contributed by atoms with van der Waals surface area (Å²) in [6.07, 6.45) is 4.00. The van der Waals surface area contributed by atoms with E-state index in [1.165, 1.54) is 24.8 Å². The Kier molecular flexibility index (Phi) is 2.13. The molecule has 0 saturated heterocycles. The molecule has 0 heterocycles. The second kappa shape index (κ2) is 3.28. The third-order valence-corrected chi connectivity index (χ3v) is 2.84. The molecule has 2 N–H and O–H groups in total. The summed E-state index contributed by atoms with van der Waals surface area (Å²) in [6, 6.07) is 10.7. The number of nitrogens with two attached hydrogens (primary N) is 1. The van der Waals surface area contributed by atoms with Crippen molar-refractivity contribution < 1.29 is 0 Å². The van der Waals surface area contributed by atoms with Crippen molar-refractivity contribution in [1.29, 1.82) is 0 Å². The van der Waals surface area contributed by atoms with Crippen molar-refractivity contribution in [3.05, 3.63) is 35.9 Å². The van der Waals surface area contributed by atoms with Crippen LogP contribution in [0.3, 0.4) is 0 Å². The normalized spacial score (nSPS) is 20.1. The molecule has 1 aliphatic rings. The van der Waals surface area contributed by atoms with Crippen LogP contribution in [0.25, 0.3) is 0 Å². The highest BCUT2D eigenvalue weighted by Gasteiger charge is 2.24. The van der Waals surface area contributed by atoms with Crippen molar-refractivity contribution in [2.75, 3.05) is 0 Å². The van der Waals surface area contributed by atoms with Crippen LogP contribution in [0.5, 0.6) is 0 Å². The van der Waals surface area contributed by atoms with Gasteiger partial charge in [-0.25, -0.2) is 0 Å². The molecule has 0 spiro atoms. The van der Waals surface area contributed by atoms with Crippen LogP contribution in [0.4, 0.5) is 0 Å². The molecule has 1 saturated carbocycles. The Labute approximate surface area is 73.6 Å². The maximum atomic E-state index is 6.10. The van der Waals surface area contributed by atoms with Crippen LogP contribution in [-0.4, -0.2) is 0 Å². The summed E-state index contributed by atoms with van der Waals surface area (Å²) in [4.78, 5) is 0. The summed E-state index contributed by atoms with van der Waals surface area (Å²) in [5, 5.41) is 0. The van der Waals surface area contributed by atoms with Gasteiger partial charge in [-0.3, -0.25) is 0 Å². The molecule has 0 unspecified atom stereocenters. The quantitative estimate of drug-likeness (QED) is 0.708. The van der Waals surface area contributed by atoms with Crippen molar-refractivity contribution >= 4 is 0 Å². The molecule has 1 nitrogen and oxygen atoms in total. The van der Waals surface area contributed by atoms with Gasteiger partial charge in [-0.15, -0.1) is 0 Å². The molecule has 12 heavy (non-hydrogen) atoms. The van der Waals surface area contributed by atoms with E-state index in [-0.39, 0.29) is 6.04 Å². The largest absolute Gasteiger partial charge is 0.324 e. The van der Waals surface area contributed by atoms with Crippen molar-refractivity contribution in [2.24, 2.45) is 11.7 Å². The Hall–Kier alpha value is -0.820. The van der Waals surface area contributed by atoms with Crippen LogP contribution in [0.15, 0.2) is 30.3 Å². The SMILES string of the molecule is N[C@@H](c1ccccc1)C1CCC1. The van der Waals surface area contributed by atoms with Gasteiger partial charge >= 0.3 is 0 Å². The molecule has 2 rings (SSSR count). The minimum Gasteiger partial charge on any atom is -0.324 e. The molecule has 1 aromatic carbocycles. The molecule has 64 valence electrons. The smallest absolute Gasteiger partial charge is 0.0323 e. The molecular weight excluding hydrogens is 146 g/mol. The van der Waals surface area contributed by atoms with Gasteiger partial charge in [0.25, 0.3) is 0 Å². The molecule has 0 aliphatic heterocycles. The first kappa shape index (κ1) is 7.81. The molecule has 1 aromatic rings. The molecule has 0 radical (unpaired) electrons. The molecule has 1 aliphatic carbocycles. The Morgan fingerprint density at radius 1 is 1.17 bits per heavy atom. The van der Waals surface area contributed by atoms with Gasteiger partial charge in [0.1, 0.15) is 0 Å². The average Bonchev–Trinajstić information content (AvgIpc) is 2.03. The molecular formula is C11H15N. The topological polar surface area (TPSA) is 26.0 Å². The maximum absolute atomic E-state index is 6.10. The summed E-state index contributed by atoms with van der Waals surface area (Å²) in [6.45, 7) is 0. The number of hydrogen-bond donors (Lipinski definition) is 1. The third kappa shape index (κ3) is 1.37. The van der Waals surface area contributed by atoms with Gasteiger partial charge in [0.05, 0.1) is 0 Å². The van der Waals surface area contributed by atoms with Gasteiger partial charge in [0.15, 0.2) is 0 Å². The minimum atomic E-state index is 0.278. The first-order valence-electron chi connectivity index (χ1n) is 4.68. The van der Waals surface area contributed by atoms with Crippen molar-refractivity contribution in [2.45, 2.75) is 25.3 Å². The predicted molar refractivity (Wildman–Crippen MR) is 50.7 cm³/mol. The van der Waals surface area contributed by atoms with Crippen molar-refractivity contribution in [1.82, 2.24) is 0 Å². The lowest BCUT2D eigenvalue weighted by atomic mass is 9.78. The Morgan fingerprint density at radius 3 is 2.33 bits per heavy atom. The summed E-state index contributed by atoms with van der Waals surface area (Å²) < 4.78 is 0. The molecule has 1 heteroatoms. The lowest BCUT2D eigenvalue weighted by molar-refractivity contribution is 0.264. The van der Waals surface area contributed by atoms with E-state index in [0.717, 1.165) is 5.92 Å². The average molecular weight is 161 g/mol. The van der Waals surface area contributed by atoms with E-state index in [2.05, 4.69) is 24.3 Å². The Balaban J connectivity index is 2.08. The predicted octanol–water partition coefficient (Wildman–Crippen LogP) is 2.49. The second-order valence-corrected chi connectivity index (χ2v) is 3.63. The molecule has 1 atom stereocenters. The monoisotopic (exact) mass is 161 g/mol. The lowest BCUT2D eigenvalue weighted by Crippen LogP contribution is -2.26. The molecule has 0 bridgehead atoms. The highest BCUT2D eigenvalue weighted by atomic mass is 14.7. The zero-order valence-corrected chi connectivity index (χ0v) is 7.24. The van der Waals surface area contributed by atoms with Crippen molar-refractivity contribution in [3.63, 3.8) is 0 Å². The highest BCUT2D eigenvalue weighted by molar-refractivity contribution is 5.19. The summed E-state index contributed by atoms with van der Waals surface area (Å²) in [7, 11) is 0. The molecule has 0 amide bonds. The third-order valence-electron chi connectivity index (χ3n) is 2.84. The Morgan fingerprint density at radius 2 is 1.83 bits per heavy atom. The fourth-order valence-corrected chi connectivity index (χ4v) is 1.75. The fourth-order valence-electron chi connectivity index (χ4n) is 1.75. The zero-order chi connectivity index (χ0) is 8.39. The van der Waals surface area contributed by atoms with Crippen LogP contribution in [0.1, 0.15) is 30.9 Å². The van der Waals surface area contributed by atoms with Gasteiger partial charge in [-0.2, -0.15) is 0 Å². The first-order valence-corrected chi connectivity index (χ1v) is 4.68. The standard InChI is InChI=1S/C11H15N/c12-11(10-7-4-8-10)9-5-2-1-3-6-9/h1-3,5-6,10-11H,4,7-8,12H2/t11-/m0/s1. The summed E-state index contributed by atoms with van der Waals surface area (Å²) in [5.41, 5.74) is 7.39. The van der Waals surface area contributed by atoms with Crippen LogP contribution in [0, 0.1) is 5.92 Å². The minimum absolute atomic E-state index is 0.278. The van der Waals surface area contributed by atoms with Gasteiger partial charge in [0.2, 0.25) is 0 Å². The second-order valence-electron chi connectivity index (χ2n) is 3.63. The number of rotatable bonds is 2. The van der Waals surface area contributed by atoms with Crippen LogP contribution >= 0.6 is 0 Å². The summed E-state index contributed by atoms with van der Waals surface area (Å²) in [5.74, 6) is 0.743. The van der Waals surface area contributed by atoms with Crippen LogP contribution < -0.4 is 5.73 Å². The van der Waals surface area contributed by atoms with Crippen LogP contribution in [0.2, 0.25) is 0 Å². The zero-order valence-electron chi connectivity index (χ0n) is 7.24. The van der Waals surface area contributed by atoms with E-state index in [9.17, 15) is 0 Å². The number of benzene rings is 1.